The van der Waals surface area contributed by atoms with E-state index in [4.69, 9.17) is 4.74 Å². The van der Waals surface area contributed by atoms with Crippen LogP contribution in [0.15, 0.2) is 103 Å². The summed E-state index contributed by atoms with van der Waals surface area (Å²) >= 11 is 0. The number of ketones is 1. The molecule has 1 saturated heterocycles. The molecule has 1 N–H and O–H groups in total. The van der Waals surface area contributed by atoms with Crippen molar-refractivity contribution in [2.75, 3.05) is 4.90 Å². The van der Waals surface area contributed by atoms with E-state index in [0.29, 0.717) is 29.2 Å². The van der Waals surface area contributed by atoms with E-state index in [1.165, 1.54) is 29.2 Å². The van der Waals surface area contributed by atoms with E-state index in [1.54, 1.807) is 30.3 Å². The molecule has 0 aromatic heterocycles. The van der Waals surface area contributed by atoms with Gasteiger partial charge >= 0.3 is 0 Å². The molecule has 0 saturated carbocycles. The minimum Gasteiger partial charge on any atom is -0.507 e. The van der Waals surface area contributed by atoms with Crippen molar-refractivity contribution in [3.63, 3.8) is 0 Å². The molecule has 38 heavy (non-hydrogen) atoms. The lowest BCUT2D eigenvalue weighted by Gasteiger charge is -2.26. The molecule has 190 valence electrons. The quantitative estimate of drug-likeness (QED) is 0.180. The van der Waals surface area contributed by atoms with Gasteiger partial charge in [-0.2, -0.15) is 0 Å². The van der Waals surface area contributed by atoms with Gasteiger partial charge in [0.25, 0.3) is 11.7 Å². The Bertz CT molecular complexity index is 1540. The number of hydrogen-bond acceptors (Lipinski definition) is 4. The van der Waals surface area contributed by atoms with Gasteiger partial charge in [-0.15, -0.1) is 0 Å². The summed E-state index contributed by atoms with van der Waals surface area (Å²) < 4.78 is 19.7. The molecule has 1 atom stereocenters. The zero-order chi connectivity index (χ0) is 26.8. The number of rotatable bonds is 6. The highest BCUT2D eigenvalue weighted by Crippen LogP contribution is 2.43. The third kappa shape index (κ3) is 4.68. The van der Waals surface area contributed by atoms with Gasteiger partial charge in [-0.05, 0) is 72.5 Å². The van der Waals surface area contributed by atoms with Crippen LogP contribution in [-0.4, -0.2) is 16.8 Å². The van der Waals surface area contributed by atoms with Crippen LogP contribution in [0.5, 0.6) is 5.75 Å². The van der Waals surface area contributed by atoms with E-state index in [0.717, 1.165) is 16.7 Å². The van der Waals surface area contributed by atoms with Crippen LogP contribution in [0.2, 0.25) is 0 Å². The molecule has 6 heteroatoms. The summed E-state index contributed by atoms with van der Waals surface area (Å²) in [6.07, 6.45) is 0. The molecule has 1 aliphatic heterocycles. The Morgan fingerprint density at radius 3 is 2.24 bits per heavy atom. The average Bonchev–Trinajstić information content (AvgIpc) is 3.18. The van der Waals surface area contributed by atoms with Crippen LogP contribution in [-0.2, 0) is 16.2 Å². The zero-order valence-electron chi connectivity index (χ0n) is 21.0. The number of carbonyl (C=O) groups excluding carboxylic acids is 2. The maximum Gasteiger partial charge on any atom is 0.300 e. The standard InChI is InChI=1S/C32H26FNO4/c1-20-8-6-7-11-26(20)34-29(23-12-15-25(33)16-13-23)28(31(36)32(34)37)30(35)24-14-17-27(21(2)18-24)38-19-22-9-4-3-5-10-22/h3-18,29,35H,19H2,1-2H3/b30-28-. The third-order valence-electron chi connectivity index (χ3n) is 6.69. The Hall–Kier alpha value is -4.71. The van der Waals surface area contributed by atoms with Gasteiger partial charge in [-0.25, -0.2) is 4.39 Å². The summed E-state index contributed by atoms with van der Waals surface area (Å²) in [6, 6.07) is 26.8. The predicted molar refractivity (Wildman–Crippen MR) is 144 cm³/mol. The van der Waals surface area contributed by atoms with Crippen LogP contribution in [0, 0.1) is 19.7 Å². The summed E-state index contributed by atoms with van der Waals surface area (Å²) in [5, 5.41) is 11.4. The molecule has 1 aliphatic rings. The number of Topliss-reactive ketones (excluding diaryl/α,β-unsaturated/α-hetero) is 1. The molecular formula is C32H26FNO4. The first-order chi connectivity index (χ1) is 18.3. The largest absolute Gasteiger partial charge is 0.507 e. The molecule has 0 bridgehead atoms. The highest BCUT2D eigenvalue weighted by molar-refractivity contribution is 6.51. The van der Waals surface area contributed by atoms with E-state index in [2.05, 4.69) is 0 Å². The Morgan fingerprint density at radius 2 is 1.55 bits per heavy atom. The lowest BCUT2D eigenvalue weighted by Crippen LogP contribution is -2.30. The number of ether oxygens (including phenoxy) is 1. The minimum absolute atomic E-state index is 0.0535. The molecule has 4 aromatic rings. The van der Waals surface area contributed by atoms with Crippen LogP contribution in [0.3, 0.4) is 0 Å². The van der Waals surface area contributed by atoms with Crippen molar-refractivity contribution in [2.24, 2.45) is 0 Å². The van der Waals surface area contributed by atoms with Crippen molar-refractivity contribution < 1.29 is 23.8 Å². The zero-order valence-corrected chi connectivity index (χ0v) is 21.0. The van der Waals surface area contributed by atoms with E-state index in [1.807, 2.05) is 56.3 Å². The topological polar surface area (TPSA) is 66.8 Å². The molecule has 1 fully saturated rings. The number of anilines is 1. The summed E-state index contributed by atoms with van der Waals surface area (Å²) in [6.45, 7) is 4.08. The van der Waals surface area contributed by atoms with Crippen molar-refractivity contribution in [1.82, 2.24) is 0 Å². The van der Waals surface area contributed by atoms with Crippen LogP contribution in [0.1, 0.15) is 33.9 Å². The number of para-hydroxylation sites is 1. The average molecular weight is 508 g/mol. The number of aliphatic hydroxyl groups is 1. The van der Waals surface area contributed by atoms with Crippen molar-refractivity contribution in [3.05, 3.63) is 136 Å². The SMILES string of the molecule is Cc1cc(/C(O)=C2/C(=O)C(=O)N(c3ccccc3C)C2c2ccc(F)cc2)ccc1OCc1ccccc1. The van der Waals surface area contributed by atoms with E-state index in [9.17, 15) is 19.1 Å². The number of aliphatic hydroxyl groups excluding tert-OH is 1. The minimum atomic E-state index is -0.925. The maximum atomic E-state index is 13.8. The van der Waals surface area contributed by atoms with Gasteiger partial charge < -0.3 is 9.84 Å². The number of nitrogens with zero attached hydrogens (tertiary/aromatic N) is 1. The molecule has 5 nitrogen and oxygen atoms in total. The molecule has 1 amide bonds. The maximum absolute atomic E-state index is 13.8. The third-order valence-corrected chi connectivity index (χ3v) is 6.69. The fourth-order valence-electron chi connectivity index (χ4n) is 4.72. The summed E-state index contributed by atoms with van der Waals surface area (Å²) in [5.74, 6) is -1.66. The molecule has 5 rings (SSSR count). The van der Waals surface area contributed by atoms with Crippen molar-refractivity contribution >= 4 is 23.1 Å². The van der Waals surface area contributed by atoms with E-state index < -0.39 is 23.5 Å². The number of benzene rings is 4. The van der Waals surface area contributed by atoms with Gasteiger partial charge in [0, 0.05) is 11.3 Å². The van der Waals surface area contributed by atoms with Crippen molar-refractivity contribution in [3.8, 4) is 5.75 Å². The lowest BCUT2D eigenvalue weighted by atomic mass is 9.94. The summed E-state index contributed by atoms with van der Waals surface area (Å²) in [7, 11) is 0. The van der Waals surface area contributed by atoms with Crippen LogP contribution in [0.25, 0.3) is 5.76 Å². The fraction of sp³-hybridized carbons (Fsp3) is 0.125. The number of aryl methyl sites for hydroxylation is 2. The van der Waals surface area contributed by atoms with Crippen LogP contribution >= 0.6 is 0 Å². The first-order valence-corrected chi connectivity index (χ1v) is 12.2. The second-order valence-electron chi connectivity index (χ2n) is 9.26. The molecule has 1 unspecified atom stereocenters. The van der Waals surface area contributed by atoms with Gasteiger partial charge in [-0.1, -0.05) is 60.7 Å². The number of amides is 1. The van der Waals surface area contributed by atoms with E-state index in [-0.39, 0.29) is 11.3 Å². The fourth-order valence-corrected chi connectivity index (χ4v) is 4.72. The Kier molecular flexibility index (Phi) is 6.79. The van der Waals surface area contributed by atoms with Crippen molar-refractivity contribution in [2.45, 2.75) is 26.5 Å². The molecule has 0 aliphatic carbocycles. The second kappa shape index (κ2) is 10.3. The van der Waals surface area contributed by atoms with Crippen molar-refractivity contribution in [1.29, 1.82) is 0 Å². The lowest BCUT2D eigenvalue weighted by molar-refractivity contribution is -0.132. The Labute approximate surface area is 220 Å². The first kappa shape index (κ1) is 25.0. The van der Waals surface area contributed by atoms with Gasteiger partial charge in [0.15, 0.2) is 0 Å². The highest BCUT2D eigenvalue weighted by Gasteiger charge is 2.47. The van der Waals surface area contributed by atoms with Gasteiger partial charge in [-0.3, -0.25) is 14.5 Å². The van der Waals surface area contributed by atoms with Gasteiger partial charge in [0.1, 0.15) is 23.9 Å². The highest BCUT2D eigenvalue weighted by atomic mass is 19.1. The van der Waals surface area contributed by atoms with Crippen LogP contribution in [0.4, 0.5) is 10.1 Å². The number of halogens is 1. The second-order valence-corrected chi connectivity index (χ2v) is 9.26. The molecular weight excluding hydrogens is 481 g/mol. The smallest absolute Gasteiger partial charge is 0.300 e. The monoisotopic (exact) mass is 507 g/mol. The Morgan fingerprint density at radius 1 is 0.868 bits per heavy atom. The van der Waals surface area contributed by atoms with Gasteiger partial charge in [0.2, 0.25) is 0 Å². The molecule has 0 spiro atoms. The molecule has 0 radical (unpaired) electrons. The van der Waals surface area contributed by atoms with Crippen LogP contribution < -0.4 is 9.64 Å². The summed E-state index contributed by atoms with van der Waals surface area (Å²) in [4.78, 5) is 28.1. The number of carbonyl (C=O) groups is 2. The predicted octanol–water partition coefficient (Wildman–Crippen LogP) is 6.65. The van der Waals surface area contributed by atoms with E-state index >= 15 is 0 Å². The number of hydrogen-bond donors (Lipinski definition) is 1. The Balaban J connectivity index is 1.57. The molecule has 4 aromatic carbocycles. The summed E-state index contributed by atoms with van der Waals surface area (Å²) in [5.41, 5.74) is 3.95. The molecule has 1 heterocycles. The normalized spacial score (nSPS) is 16.6. The first-order valence-electron chi connectivity index (χ1n) is 12.2. The van der Waals surface area contributed by atoms with Gasteiger partial charge in [0.05, 0.1) is 11.6 Å².